The zero-order valence-corrected chi connectivity index (χ0v) is 10.3. The van der Waals surface area contributed by atoms with Crippen LogP contribution in [0.4, 0.5) is 16.2 Å². The Morgan fingerprint density at radius 1 is 0.944 bits per heavy atom. The number of phenolic OH excluding ortho intramolecular Hbond substituents is 1. The highest BCUT2D eigenvalue weighted by molar-refractivity contribution is 7.80. The summed E-state index contributed by atoms with van der Waals surface area (Å²) in [6.45, 7) is 0. The fourth-order valence-electron chi connectivity index (χ4n) is 1.43. The average Bonchev–Trinajstić information content (AvgIpc) is 2.35. The first kappa shape index (κ1) is 12.3. The Bertz CT molecular complexity index is 523. The van der Waals surface area contributed by atoms with E-state index < -0.39 is 6.03 Å². The van der Waals surface area contributed by atoms with Gasteiger partial charge < -0.3 is 15.7 Å². The molecule has 2 aromatic rings. The number of nitrogens with one attached hydrogen (secondary N) is 2. The maximum Gasteiger partial charge on any atom is 0.323 e. The Kier molecular flexibility index (Phi) is 3.74. The first-order valence-electron chi connectivity index (χ1n) is 5.31. The smallest absolute Gasteiger partial charge is 0.323 e. The lowest BCUT2D eigenvalue weighted by atomic mass is 10.3. The van der Waals surface area contributed by atoms with Crippen molar-refractivity contribution >= 4 is 30.0 Å². The molecule has 2 rings (SSSR count). The summed E-state index contributed by atoms with van der Waals surface area (Å²) >= 11 is 4.23. The highest BCUT2D eigenvalue weighted by Gasteiger charge is 2.06. The van der Waals surface area contributed by atoms with Crippen LogP contribution < -0.4 is 10.6 Å². The SMILES string of the molecule is O=C(Nc1ccccc1O)Nc1ccccc1S. The van der Waals surface area contributed by atoms with E-state index in [4.69, 9.17) is 0 Å². The number of carbonyl (C=O) groups is 1. The lowest BCUT2D eigenvalue weighted by Crippen LogP contribution is -2.19. The Hall–Kier alpha value is -2.14. The number of anilines is 2. The Morgan fingerprint density at radius 2 is 1.50 bits per heavy atom. The minimum Gasteiger partial charge on any atom is -0.506 e. The number of hydrogen-bond acceptors (Lipinski definition) is 3. The van der Waals surface area contributed by atoms with Crippen molar-refractivity contribution < 1.29 is 9.90 Å². The summed E-state index contributed by atoms with van der Waals surface area (Å²) in [6.07, 6.45) is 0. The molecule has 2 aromatic carbocycles. The van der Waals surface area contributed by atoms with Gasteiger partial charge in [0.15, 0.2) is 0 Å². The number of benzene rings is 2. The predicted octanol–water partition coefficient (Wildman–Crippen LogP) is 3.32. The second kappa shape index (κ2) is 5.46. The molecule has 0 aliphatic heterocycles. The summed E-state index contributed by atoms with van der Waals surface area (Å²) in [5.41, 5.74) is 0.959. The zero-order valence-electron chi connectivity index (χ0n) is 9.42. The highest BCUT2D eigenvalue weighted by atomic mass is 32.1. The van der Waals surface area contributed by atoms with Crippen LogP contribution in [0.25, 0.3) is 0 Å². The summed E-state index contributed by atoms with van der Waals surface area (Å²) in [7, 11) is 0. The molecule has 0 bridgehead atoms. The summed E-state index contributed by atoms with van der Waals surface area (Å²) in [4.78, 5) is 12.4. The molecular formula is C13H12N2O2S. The molecule has 4 nitrogen and oxygen atoms in total. The van der Waals surface area contributed by atoms with Crippen LogP contribution in [0.3, 0.4) is 0 Å². The van der Waals surface area contributed by atoms with E-state index in [-0.39, 0.29) is 5.75 Å². The van der Waals surface area contributed by atoms with E-state index in [0.29, 0.717) is 16.3 Å². The molecule has 5 heteroatoms. The molecule has 0 fully saturated rings. The maximum atomic E-state index is 11.7. The van der Waals surface area contributed by atoms with Gasteiger partial charge in [0.1, 0.15) is 5.75 Å². The monoisotopic (exact) mass is 260 g/mol. The van der Waals surface area contributed by atoms with Crippen molar-refractivity contribution in [3.8, 4) is 5.75 Å². The second-order valence-corrected chi connectivity index (χ2v) is 4.10. The molecule has 2 amide bonds. The fraction of sp³-hybridized carbons (Fsp3) is 0. The summed E-state index contributed by atoms with van der Waals surface area (Å²) < 4.78 is 0. The van der Waals surface area contributed by atoms with Crippen LogP contribution in [0.1, 0.15) is 0 Å². The van der Waals surface area contributed by atoms with E-state index >= 15 is 0 Å². The van der Waals surface area contributed by atoms with E-state index in [0.717, 1.165) is 0 Å². The van der Waals surface area contributed by atoms with Crippen LogP contribution in [-0.2, 0) is 0 Å². The van der Waals surface area contributed by atoms with Gasteiger partial charge in [0.05, 0.1) is 11.4 Å². The molecule has 0 unspecified atom stereocenters. The zero-order chi connectivity index (χ0) is 13.0. The molecule has 0 aliphatic carbocycles. The molecule has 0 aliphatic rings. The number of carbonyl (C=O) groups excluding carboxylic acids is 1. The average molecular weight is 260 g/mol. The number of aromatic hydroxyl groups is 1. The van der Waals surface area contributed by atoms with Crippen LogP contribution >= 0.6 is 12.6 Å². The van der Waals surface area contributed by atoms with Crippen LogP contribution in [0.2, 0.25) is 0 Å². The lowest BCUT2D eigenvalue weighted by molar-refractivity contribution is 0.262. The number of amides is 2. The second-order valence-electron chi connectivity index (χ2n) is 3.61. The third kappa shape index (κ3) is 2.95. The molecule has 92 valence electrons. The summed E-state index contributed by atoms with van der Waals surface area (Å²) in [5, 5.41) is 14.7. The molecule has 18 heavy (non-hydrogen) atoms. The van der Waals surface area contributed by atoms with Gasteiger partial charge in [-0.2, -0.15) is 0 Å². The minimum atomic E-state index is -0.432. The van der Waals surface area contributed by atoms with Crippen molar-refractivity contribution in [2.45, 2.75) is 4.90 Å². The first-order chi connectivity index (χ1) is 8.66. The lowest BCUT2D eigenvalue weighted by Gasteiger charge is -2.10. The summed E-state index contributed by atoms with van der Waals surface area (Å²) in [6, 6.07) is 13.2. The van der Waals surface area contributed by atoms with Gasteiger partial charge in [-0.1, -0.05) is 24.3 Å². The van der Waals surface area contributed by atoms with Gasteiger partial charge in [-0.05, 0) is 24.3 Å². The van der Waals surface area contributed by atoms with Crippen molar-refractivity contribution in [2.24, 2.45) is 0 Å². The van der Waals surface area contributed by atoms with Crippen molar-refractivity contribution in [3.63, 3.8) is 0 Å². The van der Waals surface area contributed by atoms with Crippen LogP contribution in [0, 0.1) is 0 Å². The molecule has 3 N–H and O–H groups in total. The molecular weight excluding hydrogens is 248 g/mol. The van der Waals surface area contributed by atoms with Gasteiger partial charge >= 0.3 is 6.03 Å². The van der Waals surface area contributed by atoms with Gasteiger partial charge in [-0.25, -0.2) is 4.79 Å². The molecule has 0 saturated heterocycles. The van der Waals surface area contributed by atoms with E-state index in [1.807, 2.05) is 6.07 Å². The van der Waals surface area contributed by atoms with E-state index in [9.17, 15) is 9.90 Å². The molecule has 0 aromatic heterocycles. The van der Waals surface area contributed by atoms with Crippen LogP contribution in [-0.4, -0.2) is 11.1 Å². The maximum absolute atomic E-state index is 11.7. The van der Waals surface area contributed by atoms with Crippen LogP contribution in [0.15, 0.2) is 53.4 Å². The van der Waals surface area contributed by atoms with Crippen molar-refractivity contribution in [1.29, 1.82) is 0 Å². The fourth-order valence-corrected chi connectivity index (χ4v) is 1.65. The molecule has 0 spiro atoms. The van der Waals surface area contributed by atoms with Crippen molar-refractivity contribution in [2.75, 3.05) is 10.6 Å². The number of rotatable bonds is 2. The topological polar surface area (TPSA) is 61.4 Å². The largest absolute Gasteiger partial charge is 0.506 e. The number of hydrogen-bond donors (Lipinski definition) is 4. The molecule has 0 saturated carbocycles. The van der Waals surface area contributed by atoms with Gasteiger partial charge in [-0.15, -0.1) is 12.6 Å². The number of para-hydroxylation sites is 3. The normalized spacial score (nSPS) is 9.83. The van der Waals surface area contributed by atoms with E-state index in [1.165, 1.54) is 6.07 Å². The number of urea groups is 1. The third-order valence-corrected chi connectivity index (χ3v) is 2.69. The standard InChI is InChI=1S/C13H12N2O2S/c16-11-7-3-1-5-9(11)14-13(17)15-10-6-2-4-8-12(10)18/h1-8,16,18H,(H2,14,15,17). The van der Waals surface area contributed by atoms with Crippen molar-refractivity contribution in [1.82, 2.24) is 0 Å². The summed E-state index contributed by atoms with van der Waals surface area (Å²) in [5.74, 6) is 0.0202. The third-order valence-electron chi connectivity index (χ3n) is 2.30. The van der Waals surface area contributed by atoms with Gasteiger partial charge in [0.25, 0.3) is 0 Å². The quantitative estimate of drug-likeness (QED) is 0.494. The number of thiol groups is 1. The van der Waals surface area contributed by atoms with Gasteiger partial charge in [-0.3, -0.25) is 0 Å². The Morgan fingerprint density at radius 3 is 2.17 bits per heavy atom. The molecule has 0 atom stereocenters. The van der Waals surface area contributed by atoms with Crippen LogP contribution in [0.5, 0.6) is 5.75 Å². The Labute approximate surface area is 110 Å². The highest BCUT2D eigenvalue weighted by Crippen LogP contribution is 2.23. The van der Waals surface area contributed by atoms with Gasteiger partial charge in [0.2, 0.25) is 0 Å². The predicted molar refractivity (Wildman–Crippen MR) is 74.4 cm³/mol. The van der Waals surface area contributed by atoms with Crippen molar-refractivity contribution in [3.05, 3.63) is 48.5 Å². The minimum absolute atomic E-state index is 0.0202. The van der Waals surface area contributed by atoms with E-state index in [1.54, 1.807) is 36.4 Å². The number of phenols is 1. The van der Waals surface area contributed by atoms with E-state index in [2.05, 4.69) is 23.3 Å². The Balaban J connectivity index is 2.06. The van der Waals surface area contributed by atoms with Gasteiger partial charge in [0, 0.05) is 4.90 Å². The molecule has 0 heterocycles. The molecule has 0 radical (unpaired) electrons. The first-order valence-corrected chi connectivity index (χ1v) is 5.75.